The minimum Gasteiger partial charge on any atom is -0.382 e. The Morgan fingerprint density at radius 3 is 2.75 bits per heavy atom. The number of hydrogen-bond donors (Lipinski definition) is 2. The summed E-state index contributed by atoms with van der Waals surface area (Å²) in [5.74, 6) is 0.828. The third kappa shape index (κ3) is 2.87. The third-order valence-corrected chi connectivity index (χ3v) is 5.85. The molecule has 0 unspecified atom stereocenters. The highest BCUT2D eigenvalue weighted by Crippen LogP contribution is 2.45. The van der Waals surface area contributed by atoms with Crippen molar-refractivity contribution in [3.8, 4) is 6.07 Å². The van der Waals surface area contributed by atoms with Gasteiger partial charge in [0, 0.05) is 24.7 Å². The molecule has 8 heteroatoms. The molecule has 3 aromatic rings. The fraction of sp³-hybridized carbons (Fsp3) is 0.500. The highest BCUT2D eigenvalue weighted by molar-refractivity contribution is 5.69. The summed E-state index contributed by atoms with van der Waals surface area (Å²) in [5.41, 5.74) is 10.5. The lowest BCUT2D eigenvalue weighted by atomic mass is 10.2. The van der Waals surface area contributed by atoms with Crippen molar-refractivity contribution in [3.63, 3.8) is 0 Å². The highest BCUT2D eigenvalue weighted by atomic mass is 15.3. The maximum absolute atomic E-state index is 9.57. The van der Waals surface area contributed by atoms with Crippen LogP contribution >= 0.6 is 0 Å². The normalized spacial score (nSPS) is 14.9. The molecule has 3 heterocycles. The van der Waals surface area contributed by atoms with Crippen LogP contribution in [0.1, 0.15) is 55.6 Å². The zero-order chi connectivity index (χ0) is 19.9. The summed E-state index contributed by atoms with van der Waals surface area (Å²) in [7, 11) is 0. The zero-order valence-corrected chi connectivity index (χ0v) is 16.7. The molecule has 8 nitrogen and oxygen atoms in total. The smallest absolute Gasteiger partial charge is 0.163 e. The van der Waals surface area contributed by atoms with E-state index in [1.165, 1.54) is 12.8 Å². The van der Waals surface area contributed by atoms with E-state index in [9.17, 15) is 5.26 Å². The number of aromatic nitrogens is 5. The van der Waals surface area contributed by atoms with Crippen LogP contribution in [0, 0.1) is 18.3 Å². The van der Waals surface area contributed by atoms with Crippen LogP contribution in [0.3, 0.4) is 0 Å². The van der Waals surface area contributed by atoms with Crippen LogP contribution in [-0.2, 0) is 18.4 Å². The van der Waals surface area contributed by atoms with E-state index in [-0.39, 0.29) is 5.54 Å². The number of nitriles is 1. The van der Waals surface area contributed by atoms with Crippen LogP contribution in [0.2, 0.25) is 0 Å². The van der Waals surface area contributed by atoms with Crippen molar-refractivity contribution in [3.05, 3.63) is 34.8 Å². The van der Waals surface area contributed by atoms with Crippen molar-refractivity contribution in [1.82, 2.24) is 24.4 Å². The number of nitrogens with zero attached hydrogens (tertiary/aromatic N) is 6. The predicted octanol–water partition coefficient (Wildman–Crippen LogP) is 2.80. The standard InChI is InChI=1S/C20H26N8/c1-4-15-13(3)25-28-17(22)16(12-21)18(24-19(15)28)23-10-6-14-7-11-27(26-14)20(5-2)8-9-20/h7,11H,4-6,8-10,22H2,1-3H3,(H,23,24). The number of fused-ring (bicyclic) bond motifs is 1. The maximum atomic E-state index is 9.57. The lowest BCUT2D eigenvalue weighted by molar-refractivity contribution is 0.415. The minimum atomic E-state index is 0.247. The average Bonchev–Trinajstić information content (AvgIpc) is 3.23. The van der Waals surface area contributed by atoms with Gasteiger partial charge in [0.1, 0.15) is 23.3 Å². The van der Waals surface area contributed by atoms with Gasteiger partial charge in [-0.15, -0.1) is 0 Å². The molecule has 146 valence electrons. The van der Waals surface area contributed by atoms with Gasteiger partial charge < -0.3 is 11.1 Å². The summed E-state index contributed by atoms with van der Waals surface area (Å²) in [6.45, 7) is 6.84. The van der Waals surface area contributed by atoms with Crippen molar-refractivity contribution in [2.45, 2.75) is 58.4 Å². The molecule has 0 bridgehead atoms. The Morgan fingerprint density at radius 1 is 1.32 bits per heavy atom. The highest BCUT2D eigenvalue weighted by Gasteiger charge is 2.43. The molecule has 1 saturated carbocycles. The molecule has 0 radical (unpaired) electrons. The number of nitrogen functional groups attached to an aromatic ring is 1. The molecule has 1 fully saturated rings. The Morgan fingerprint density at radius 2 is 2.11 bits per heavy atom. The van der Waals surface area contributed by atoms with Crippen LogP contribution in [0.4, 0.5) is 11.6 Å². The Labute approximate surface area is 164 Å². The fourth-order valence-corrected chi connectivity index (χ4v) is 3.83. The predicted molar refractivity (Wildman–Crippen MR) is 108 cm³/mol. The van der Waals surface area contributed by atoms with Crippen molar-refractivity contribution in [2.75, 3.05) is 17.6 Å². The lowest BCUT2D eigenvalue weighted by Crippen LogP contribution is -2.17. The summed E-state index contributed by atoms with van der Waals surface area (Å²) < 4.78 is 3.69. The molecule has 0 aromatic carbocycles. The second-order valence-corrected chi connectivity index (χ2v) is 7.49. The summed E-state index contributed by atoms with van der Waals surface area (Å²) >= 11 is 0. The number of rotatable bonds is 7. The molecule has 3 N–H and O–H groups in total. The van der Waals surface area contributed by atoms with Crippen LogP contribution in [0.5, 0.6) is 0 Å². The summed E-state index contributed by atoms with van der Waals surface area (Å²) in [6, 6.07) is 4.23. The van der Waals surface area contributed by atoms with Crippen LogP contribution < -0.4 is 11.1 Å². The van der Waals surface area contributed by atoms with Crippen molar-refractivity contribution >= 4 is 17.3 Å². The largest absolute Gasteiger partial charge is 0.382 e. The quantitative estimate of drug-likeness (QED) is 0.654. The SMILES string of the molecule is CCc1c(C)nn2c(N)c(C#N)c(NCCc3ccn(C4(CC)CC4)n3)nc12. The monoisotopic (exact) mass is 378 g/mol. The maximum Gasteiger partial charge on any atom is 0.163 e. The number of nitrogens with two attached hydrogens (primary N) is 1. The summed E-state index contributed by atoms with van der Waals surface area (Å²) in [4.78, 5) is 4.66. The zero-order valence-electron chi connectivity index (χ0n) is 16.7. The average molecular weight is 378 g/mol. The van der Waals surface area contributed by atoms with Crippen LogP contribution in [0.25, 0.3) is 5.65 Å². The number of aryl methyl sites for hydroxylation is 2. The van der Waals surface area contributed by atoms with Gasteiger partial charge in [-0.3, -0.25) is 4.68 Å². The molecule has 1 aliphatic rings. The Balaban J connectivity index is 1.54. The van der Waals surface area contributed by atoms with Gasteiger partial charge in [-0.2, -0.15) is 20.0 Å². The van der Waals surface area contributed by atoms with Crippen molar-refractivity contribution in [1.29, 1.82) is 5.26 Å². The van der Waals surface area contributed by atoms with Crippen LogP contribution in [0.15, 0.2) is 12.3 Å². The fourth-order valence-electron chi connectivity index (χ4n) is 3.83. The first kappa shape index (κ1) is 18.3. The molecule has 0 saturated heterocycles. The van der Waals surface area contributed by atoms with Crippen LogP contribution in [-0.4, -0.2) is 30.9 Å². The van der Waals surface area contributed by atoms with Gasteiger partial charge in [-0.1, -0.05) is 13.8 Å². The molecular weight excluding hydrogens is 352 g/mol. The van der Waals surface area contributed by atoms with Gasteiger partial charge in [0.15, 0.2) is 5.65 Å². The molecule has 0 spiro atoms. The van der Waals surface area contributed by atoms with Crippen molar-refractivity contribution in [2.24, 2.45) is 0 Å². The van der Waals surface area contributed by atoms with Gasteiger partial charge >= 0.3 is 0 Å². The molecule has 28 heavy (non-hydrogen) atoms. The summed E-state index contributed by atoms with van der Waals surface area (Å²) in [6.07, 6.45) is 7.18. The summed E-state index contributed by atoms with van der Waals surface area (Å²) in [5, 5.41) is 22.0. The van der Waals surface area contributed by atoms with Gasteiger partial charge in [0.05, 0.1) is 16.9 Å². The van der Waals surface area contributed by atoms with Gasteiger partial charge in [0.25, 0.3) is 0 Å². The molecule has 4 rings (SSSR count). The van der Waals surface area contributed by atoms with E-state index in [0.29, 0.717) is 29.4 Å². The Hall–Kier alpha value is -3.08. The number of nitrogens with one attached hydrogen (secondary N) is 1. The molecular formula is C20H26N8. The molecule has 0 aliphatic heterocycles. The van der Waals surface area contributed by atoms with E-state index in [2.05, 4.69) is 52.3 Å². The Kier molecular flexibility index (Phi) is 4.46. The van der Waals surface area contributed by atoms with Gasteiger partial charge in [0.2, 0.25) is 0 Å². The third-order valence-electron chi connectivity index (χ3n) is 5.85. The molecule has 0 atom stereocenters. The minimum absolute atomic E-state index is 0.247. The first-order valence-electron chi connectivity index (χ1n) is 9.89. The van der Waals surface area contributed by atoms with E-state index in [1.54, 1.807) is 4.52 Å². The van der Waals surface area contributed by atoms with Gasteiger partial charge in [-0.05, 0) is 38.7 Å². The first-order chi connectivity index (χ1) is 13.5. The molecule has 0 amide bonds. The van der Waals surface area contributed by atoms with Gasteiger partial charge in [-0.25, -0.2) is 4.98 Å². The molecule has 3 aromatic heterocycles. The van der Waals surface area contributed by atoms with E-state index in [0.717, 1.165) is 36.2 Å². The van der Waals surface area contributed by atoms with E-state index in [1.807, 2.05) is 6.92 Å². The van der Waals surface area contributed by atoms with E-state index < -0.39 is 0 Å². The number of anilines is 2. The lowest BCUT2D eigenvalue weighted by Gasteiger charge is -2.13. The molecule has 1 aliphatic carbocycles. The Bertz CT molecular complexity index is 1060. The van der Waals surface area contributed by atoms with Crippen molar-refractivity contribution < 1.29 is 0 Å². The second-order valence-electron chi connectivity index (χ2n) is 7.49. The topological polar surface area (TPSA) is 110 Å². The second kappa shape index (κ2) is 6.82. The van der Waals surface area contributed by atoms with E-state index >= 15 is 0 Å². The number of hydrogen-bond acceptors (Lipinski definition) is 6. The van der Waals surface area contributed by atoms with E-state index in [4.69, 9.17) is 10.8 Å². The first-order valence-corrected chi connectivity index (χ1v) is 9.89.